The molecule has 1 aliphatic rings. The number of allylic oxidation sites excluding steroid dienone is 2. The number of aryl methyl sites for hydroxylation is 2. The van der Waals surface area contributed by atoms with Gasteiger partial charge in [0.25, 0.3) is 15.9 Å². The van der Waals surface area contributed by atoms with Gasteiger partial charge in [-0.05, 0) is 80.0 Å². The van der Waals surface area contributed by atoms with E-state index in [4.69, 9.17) is 9.47 Å². The van der Waals surface area contributed by atoms with Crippen LogP contribution in [-0.4, -0.2) is 45.2 Å². The van der Waals surface area contributed by atoms with Gasteiger partial charge in [-0.2, -0.15) is 0 Å². The fraction of sp³-hybridized carbons (Fsp3) is 0.333. The average molecular weight is 608 g/mol. The molecule has 3 aromatic rings. The molecule has 0 radical (unpaired) electrons. The summed E-state index contributed by atoms with van der Waals surface area (Å²) in [5, 5.41) is 2.43. The first-order chi connectivity index (χ1) is 20.5. The number of sulfonamides is 1. The first-order valence-corrected chi connectivity index (χ1v) is 15.6. The standard InChI is InChI=1S/C26H28N2O4S.C7H13NO2/c1-6-7-11-23-19(3)28(4)17-22(23)15-20-13-14-21(16-24(20)32-5)26(29)27-33(30,31)25-12-9-8-10-18(25)2;1-8-7(9)10-6-4-2-3-5-6/h6-14,16-17H,1,15H2,2-5H3,(H,27,29);6H,2-5H2,1H3,(H,8,9)/b11-7-;. The molecule has 1 aliphatic carbocycles. The predicted molar refractivity (Wildman–Crippen MR) is 169 cm³/mol. The Labute approximate surface area is 254 Å². The van der Waals surface area contributed by atoms with E-state index >= 15 is 0 Å². The summed E-state index contributed by atoms with van der Waals surface area (Å²) >= 11 is 0. The average Bonchev–Trinajstić information content (AvgIpc) is 3.59. The molecule has 1 saturated carbocycles. The lowest BCUT2D eigenvalue weighted by Gasteiger charge is -2.12. The van der Waals surface area contributed by atoms with Crippen molar-refractivity contribution in [3.8, 4) is 5.75 Å². The highest BCUT2D eigenvalue weighted by Gasteiger charge is 2.22. The van der Waals surface area contributed by atoms with E-state index in [1.807, 2.05) is 26.1 Å². The number of methoxy groups -OCH3 is 1. The Morgan fingerprint density at radius 1 is 1.09 bits per heavy atom. The van der Waals surface area contributed by atoms with Gasteiger partial charge in [0, 0.05) is 38.0 Å². The van der Waals surface area contributed by atoms with Crippen LogP contribution in [0.4, 0.5) is 4.79 Å². The zero-order valence-electron chi connectivity index (χ0n) is 25.5. The molecule has 9 nitrogen and oxygen atoms in total. The minimum Gasteiger partial charge on any atom is -0.496 e. The van der Waals surface area contributed by atoms with Crippen molar-refractivity contribution in [1.29, 1.82) is 0 Å². The number of amides is 2. The maximum Gasteiger partial charge on any atom is 0.407 e. The van der Waals surface area contributed by atoms with Crippen molar-refractivity contribution in [3.63, 3.8) is 0 Å². The molecule has 10 heteroatoms. The molecular weight excluding hydrogens is 566 g/mol. The number of aromatic nitrogens is 1. The SMILES string of the molecule is C=C/C=C\c1c(Cc2ccc(C(=O)NS(=O)(=O)c3ccccc3C)cc2OC)cn(C)c1C.CNC(=O)OC1CCCC1. The van der Waals surface area contributed by atoms with Crippen molar-refractivity contribution in [2.24, 2.45) is 7.05 Å². The molecule has 2 amide bonds. The predicted octanol–water partition coefficient (Wildman–Crippen LogP) is 5.84. The molecule has 0 saturated heterocycles. The van der Waals surface area contributed by atoms with E-state index in [0.717, 1.165) is 35.2 Å². The largest absolute Gasteiger partial charge is 0.496 e. The van der Waals surface area contributed by atoms with Crippen molar-refractivity contribution in [2.75, 3.05) is 14.2 Å². The van der Waals surface area contributed by atoms with Crippen LogP contribution in [0.1, 0.15) is 64.0 Å². The number of nitrogens with zero attached hydrogens (tertiary/aromatic N) is 1. The Morgan fingerprint density at radius 2 is 1.79 bits per heavy atom. The van der Waals surface area contributed by atoms with Crippen molar-refractivity contribution in [2.45, 2.75) is 57.0 Å². The van der Waals surface area contributed by atoms with Gasteiger partial charge in [-0.3, -0.25) is 4.79 Å². The molecule has 230 valence electrons. The van der Waals surface area contributed by atoms with Crippen molar-refractivity contribution < 1.29 is 27.5 Å². The van der Waals surface area contributed by atoms with Crippen LogP contribution in [0.3, 0.4) is 0 Å². The highest BCUT2D eigenvalue weighted by atomic mass is 32.2. The van der Waals surface area contributed by atoms with Crippen LogP contribution < -0.4 is 14.8 Å². The van der Waals surface area contributed by atoms with Gasteiger partial charge in [0.1, 0.15) is 11.9 Å². The normalized spacial score (nSPS) is 13.2. The topological polar surface area (TPSA) is 116 Å². The number of rotatable bonds is 9. The van der Waals surface area contributed by atoms with Crippen molar-refractivity contribution >= 4 is 28.1 Å². The summed E-state index contributed by atoms with van der Waals surface area (Å²) in [7, 11) is 1.11. The highest BCUT2D eigenvalue weighted by Crippen LogP contribution is 2.27. The number of carbonyl (C=O) groups is 2. The second-order valence-electron chi connectivity index (χ2n) is 10.3. The van der Waals surface area contributed by atoms with Gasteiger partial charge in [0.05, 0.1) is 12.0 Å². The quantitative estimate of drug-likeness (QED) is 0.295. The highest BCUT2D eigenvalue weighted by molar-refractivity contribution is 7.90. The van der Waals surface area contributed by atoms with Gasteiger partial charge in [-0.15, -0.1) is 0 Å². The van der Waals surface area contributed by atoms with Gasteiger partial charge < -0.3 is 19.4 Å². The number of alkyl carbamates (subject to hydrolysis) is 1. The van der Waals surface area contributed by atoms with Crippen LogP contribution in [0.15, 0.2) is 72.3 Å². The number of ether oxygens (including phenoxy) is 2. The van der Waals surface area contributed by atoms with E-state index in [2.05, 4.69) is 27.4 Å². The third-order valence-electron chi connectivity index (χ3n) is 7.33. The summed E-state index contributed by atoms with van der Waals surface area (Å²) < 4.78 is 40.1. The lowest BCUT2D eigenvalue weighted by atomic mass is 10.00. The fourth-order valence-corrected chi connectivity index (χ4v) is 6.12. The number of nitrogens with one attached hydrogen (secondary N) is 2. The number of hydrogen-bond donors (Lipinski definition) is 2. The number of carbonyl (C=O) groups excluding carboxylic acids is 2. The Morgan fingerprint density at radius 3 is 2.42 bits per heavy atom. The molecule has 43 heavy (non-hydrogen) atoms. The molecule has 1 fully saturated rings. The minimum atomic E-state index is -3.99. The van der Waals surface area contributed by atoms with Crippen LogP contribution in [0.5, 0.6) is 5.75 Å². The summed E-state index contributed by atoms with van der Waals surface area (Å²) in [6, 6.07) is 11.5. The summed E-state index contributed by atoms with van der Waals surface area (Å²) in [6.07, 6.45) is 12.6. The van der Waals surface area contributed by atoms with Gasteiger partial charge in [-0.25, -0.2) is 17.9 Å². The molecule has 1 aromatic heterocycles. The minimum absolute atomic E-state index is 0.0708. The number of hydrogen-bond acceptors (Lipinski definition) is 6. The van der Waals surface area contributed by atoms with E-state index in [1.165, 1.54) is 26.0 Å². The Hall–Kier alpha value is -4.31. The zero-order valence-corrected chi connectivity index (χ0v) is 26.3. The molecule has 1 heterocycles. The van der Waals surface area contributed by atoms with Crippen LogP contribution in [0, 0.1) is 13.8 Å². The zero-order chi connectivity index (χ0) is 31.6. The van der Waals surface area contributed by atoms with Gasteiger partial charge in [0.2, 0.25) is 0 Å². The molecule has 0 spiro atoms. The first-order valence-electron chi connectivity index (χ1n) is 14.1. The summed E-state index contributed by atoms with van der Waals surface area (Å²) in [6.45, 7) is 7.46. The van der Waals surface area contributed by atoms with E-state index in [1.54, 1.807) is 56.4 Å². The van der Waals surface area contributed by atoms with Crippen LogP contribution >= 0.6 is 0 Å². The summed E-state index contributed by atoms with van der Waals surface area (Å²) in [5.74, 6) is -0.204. The Bertz CT molecular complexity index is 1580. The lowest BCUT2D eigenvalue weighted by Crippen LogP contribution is -2.31. The van der Waals surface area contributed by atoms with E-state index < -0.39 is 15.9 Å². The molecule has 2 aromatic carbocycles. The molecule has 0 atom stereocenters. The van der Waals surface area contributed by atoms with E-state index in [-0.39, 0.29) is 22.7 Å². The van der Waals surface area contributed by atoms with Gasteiger partial charge in [-0.1, -0.05) is 49.1 Å². The van der Waals surface area contributed by atoms with Gasteiger partial charge >= 0.3 is 6.09 Å². The maximum absolute atomic E-state index is 12.7. The maximum atomic E-state index is 12.7. The molecule has 0 unspecified atom stereocenters. The first kappa shape index (κ1) is 33.2. The van der Waals surface area contributed by atoms with Gasteiger partial charge in [0.15, 0.2) is 0 Å². The van der Waals surface area contributed by atoms with Crippen LogP contribution in [-0.2, 0) is 28.2 Å². The van der Waals surface area contributed by atoms with Crippen molar-refractivity contribution in [1.82, 2.24) is 14.6 Å². The molecule has 4 rings (SSSR count). The van der Waals surface area contributed by atoms with Crippen molar-refractivity contribution in [3.05, 3.63) is 101 Å². The Balaban J connectivity index is 0.000000428. The van der Waals surface area contributed by atoms with E-state index in [0.29, 0.717) is 17.7 Å². The van der Waals surface area contributed by atoms with E-state index in [9.17, 15) is 18.0 Å². The third kappa shape index (κ3) is 8.84. The second-order valence-corrected chi connectivity index (χ2v) is 12.0. The Kier molecular flexibility index (Phi) is 11.8. The fourth-order valence-electron chi connectivity index (χ4n) is 4.90. The molecule has 2 N–H and O–H groups in total. The summed E-state index contributed by atoms with van der Waals surface area (Å²) in [5.41, 5.74) is 4.97. The monoisotopic (exact) mass is 607 g/mol. The molecule has 0 bridgehead atoms. The second kappa shape index (κ2) is 15.2. The smallest absolute Gasteiger partial charge is 0.407 e. The lowest BCUT2D eigenvalue weighted by molar-refractivity contribution is 0.0979. The third-order valence-corrected chi connectivity index (χ3v) is 8.82. The molecule has 0 aliphatic heterocycles. The van der Waals surface area contributed by atoms with Crippen LogP contribution in [0.2, 0.25) is 0 Å². The number of benzene rings is 2. The molecular formula is C33H41N3O6S. The summed E-state index contributed by atoms with van der Waals surface area (Å²) in [4.78, 5) is 23.4. The van der Waals surface area contributed by atoms with Crippen LogP contribution in [0.25, 0.3) is 6.08 Å².